The van der Waals surface area contributed by atoms with Crippen LogP contribution in [-0.2, 0) is 10.0 Å². The van der Waals surface area contributed by atoms with Crippen LogP contribution >= 0.6 is 15.9 Å². The van der Waals surface area contributed by atoms with Crippen LogP contribution in [0.2, 0.25) is 0 Å². The van der Waals surface area contributed by atoms with Crippen molar-refractivity contribution in [3.8, 4) is 17.4 Å². The van der Waals surface area contributed by atoms with Gasteiger partial charge in [0, 0.05) is 10.5 Å². The molecule has 1 heterocycles. The van der Waals surface area contributed by atoms with E-state index in [1.165, 1.54) is 24.4 Å². The molecule has 0 bridgehead atoms. The minimum absolute atomic E-state index is 0.117. The minimum atomic E-state index is -3.93. The summed E-state index contributed by atoms with van der Waals surface area (Å²) >= 11 is 3.23. The third-order valence-corrected chi connectivity index (χ3v) is 5.64. The number of halogens is 1. The van der Waals surface area contributed by atoms with Crippen LogP contribution in [0.5, 0.6) is 17.4 Å². The normalized spacial score (nSPS) is 11.1. The Hall–Kier alpha value is -2.95. The summed E-state index contributed by atoms with van der Waals surface area (Å²) in [6, 6.07) is 12.7. The summed E-state index contributed by atoms with van der Waals surface area (Å²) in [6.45, 7) is 1.94. The molecular weight excluding hydrogens is 474 g/mol. The van der Waals surface area contributed by atoms with E-state index in [0.717, 1.165) is 5.56 Å². The van der Waals surface area contributed by atoms with Crippen LogP contribution in [-0.4, -0.2) is 26.4 Å². The first-order chi connectivity index (χ1) is 14.2. The van der Waals surface area contributed by atoms with Crippen molar-refractivity contribution >= 4 is 37.5 Å². The average Bonchev–Trinajstić information content (AvgIpc) is 2.70. The maximum atomic E-state index is 12.6. The van der Waals surface area contributed by atoms with Crippen molar-refractivity contribution in [1.29, 1.82) is 0 Å². The van der Waals surface area contributed by atoms with Crippen LogP contribution in [0.25, 0.3) is 0 Å². The number of benzene rings is 2. The molecule has 8 nitrogen and oxygen atoms in total. The van der Waals surface area contributed by atoms with Crippen molar-refractivity contribution in [3.05, 3.63) is 70.3 Å². The van der Waals surface area contributed by atoms with Gasteiger partial charge in [-0.25, -0.2) is 18.5 Å². The molecule has 0 unspecified atom stereocenters. The lowest BCUT2D eigenvalue weighted by atomic mass is 10.2. The zero-order valence-electron chi connectivity index (χ0n) is 16.0. The number of nitrogens with one attached hydrogen (secondary N) is 1. The van der Waals surface area contributed by atoms with E-state index in [9.17, 15) is 13.2 Å². The third kappa shape index (κ3) is 5.15. The summed E-state index contributed by atoms with van der Waals surface area (Å²) in [6.07, 6.45) is 1.42. The number of carbonyl (C=O) groups is 1. The van der Waals surface area contributed by atoms with E-state index in [1.54, 1.807) is 25.3 Å². The van der Waals surface area contributed by atoms with Gasteiger partial charge in [0.05, 0.1) is 29.5 Å². The van der Waals surface area contributed by atoms with Crippen LogP contribution in [0.1, 0.15) is 15.9 Å². The molecule has 2 aromatic carbocycles. The quantitative estimate of drug-likeness (QED) is 0.539. The number of pyridine rings is 1. The maximum Gasteiger partial charge on any atom is 0.256 e. The maximum absolute atomic E-state index is 12.6. The zero-order chi connectivity index (χ0) is 21.9. The van der Waals surface area contributed by atoms with Gasteiger partial charge in [0.25, 0.3) is 5.91 Å². The van der Waals surface area contributed by atoms with Gasteiger partial charge in [-0.15, -0.1) is 0 Å². The van der Waals surface area contributed by atoms with Crippen molar-refractivity contribution < 1.29 is 22.7 Å². The lowest BCUT2D eigenvalue weighted by Gasteiger charge is -2.11. The predicted octanol–water partition coefficient (Wildman–Crippen LogP) is 3.85. The number of primary sulfonamides is 1. The first-order valence-corrected chi connectivity index (χ1v) is 10.9. The Morgan fingerprint density at radius 2 is 1.87 bits per heavy atom. The molecule has 30 heavy (non-hydrogen) atoms. The molecule has 0 saturated heterocycles. The summed E-state index contributed by atoms with van der Waals surface area (Å²) in [5.41, 5.74) is 1.55. The molecule has 0 aliphatic rings. The van der Waals surface area contributed by atoms with Gasteiger partial charge in [0.2, 0.25) is 15.9 Å². The number of rotatable bonds is 6. The standard InChI is InChI=1S/C20H18BrN3O5S/c1-12-3-7-17(18(9-12)28-2)29-19-8-4-13(11-23-19)24-20(25)15-10-14(30(22,26)27)5-6-16(15)21/h3-11H,1-2H3,(H,24,25)(H2,22,26,27). The predicted molar refractivity (Wildman–Crippen MR) is 116 cm³/mol. The van der Waals surface area contributed by atoms with Gasteiger partial charge in [0.15, 0.2) is 11.5 Å². The van der Waals surface area contributed by atoms with Gasteiger partial charge >= 0.3 is 0 Å². The Morgan fingerprint density at radius 1 is 1.10 bits per heavy atom. The fourth-order valence-corrected chi connectivity index (χ4v) is 3.51. The Kier molecular flexibility index (Phi) is 6.40. The summed E-state index contributed by atoms with van der Waals surface area (Å²) in [7, 11) is -2.38. The largest absolute Gasteiger partial charge is 0.493 e. The van der Waals surface area contributed by atoms with E-state index < -0.39 is 15.9 Å². The molecule has 0 fully saturated rings. The van der Waals surface area contributed by atoms with E-state index in [-0.39, 0.29) is 10.5 Å². The number of nitrogens with zero attached hydrogens (tertiary/aromatic N) is 1. The Morgan fingerprint density at radius 3 is 2.50 bits per heavy atom. The van der Waals surface area contributed by atoms with Gasteiger partial charge < -0.3 is 14.8 Å². The second-order valence-corrected chi connectivity index (χ2v) is 8.70. The van der Waals surface area contributed by atoms with Crippen LogP contribution in [0, 0.1) is 6.92 Å². The van der Waals surface area contributed by atoms with Crippen molar-refractivity contribution in [2.24, 2.45) is 5.14 Å². The third-order valence-electron chi connectivity index (χ3n) is 4.04. The Labute approximate surface area is 182 Å². The highest BCUT2D eigenvalue weighted by Crippen LogP contribution is 2.31. The molecular formula is C20H18BrN3O5S. The molecule has 3 N–H and O–H groups in total. The molecule has 0 spiro atoms. The van der Waals surface area contributed by atoms with Gasteiger partial charge in [-0.3, -0.25) is 4.79 Å². The summed E-state index contributed by atoms with van der Waals surface area (Å²) in [4.78, 5) is 16.6. The van der Waals surface area contributed by atoms with Crippen molar-refractivity contribution in [3.63, 3.8) is 0 Å². The second-order valence-electron chi connectivity index (χ2n) is 6.28. The smallest absolute Gasteiger partial charge is 0.256 e. The fourth-order valence-electron chi connectivity index (χ4n) is 2.54. The van der Waals surface area contributed by atoms with Gasteiger partial charge in [0.1, 0.15) is 0 Å². The van der Waals surface area contributed by atoms with E-state index in [1.807, 2.05) is 19.1 Å². The molecule has 1 aromatic heterocycles. The lowest BCUT2D eigenvalue weighted by Crippen LogP contribution is -2.16. The van der Waals surface area contributed by atoms with Crippen LogP contribution in [0.3, 0.4) is 0 Å². The monoisotopic (exact) mass is 491 g/mol. The number of anilines is 1. The zero-order valence-corrected chi connectivity index (χ0v) is 18.5. The highest BCUT2D eigenvalue weighted by atomic mass is 79.9. The Bertz CT molecular complexity index is 1200. The highest BCUT2D eigenvalue weighted by molar-refractivity contribution is 9.10. The highest BCUT2D eigenvalue weighted by Gasteiger charge is 2.16. The van der Waals surface area contributed by atoms with E-state index in [4.69, 9.17) is 14.6 Å². The minimum Gasteiger partial charge on any atom is -0.493 e. The molecule has 3 rings (SSSR count). The van der Waals surface area contributed by atoms with E-state index >= 15 is 0 Å². The summed E-state index contributed by atoms with van der Waals surface area (Å²) < 4.78 is 34.5. The molecule has 0 atom stereocenters. The fraction of sp³-hybridized carbons (Fsp3) is 0.100. The van der Waals surface area contributed by atoms with Crippen molar-refractivity contribution in [2.75, 3.05) is 12.4 Å². The lowest BCUT2D eigenvalue weighted by molar-refractivity contribution is 0.102. The molecule has 10 heteroatoms. The number of nitrogens with two attached hydrogens (primary N) is 1. The Balaban J connectivity index is 1.76. The number of hydrogen-bond donors (Lipinski definition) is 2. The molecule has 0 aliphatic heterocycles. The van der Waals surface area contributed by atoms with Gasteiger partial charge in [-0.05, 0) is 64.8 Å². The van der Waals surface area contributed by atoms with Crippen LogP contribution < -0.4 is 19.9 Å². The molecule has 0 radical (unpaired) electrons. The van der Waals surface area contributed by atoms with Crippen LogP contribution in [0.15, 0.2) is 64.1 Å². The van der Waals surface area contributed by atoms with E-state index in [2.05, 4.69) is 26.2 Å². The molecule has 0 aliphatic carbocycles. The van der Waals surface area contributed by atoms with E-state index in [0.29, 0.717) is 27.5 Å². The number of amides is 1. The molecule has 3 aromatic rings. The second kappa shape index (κ2) is 8.82. The van der Waals surface area contributed by atoms with Gasteiger partial charge in [-0.1, -0.05) is 6.07 Å². The number of ether oxygens (including phenoxy) is 2. The first kappa shape index (κ1) is 21.8. The molecule has 0 saturated carbocycles. The SMILES string of the molecule is COc1cc(C)ccc1Oc1ccc(NC(=O)c2cc(S(N)(=O)=O)ccc2Br)cn1. The summed E-state index contributed by atoms with van der Waals surface area (Å²) in [5, 5.41) is 7.78. The van der Waals surface area contributed by atoms with Crippen molar-refractivity contribution in [1.82, 2.24) is 4.98 Å². The summed E-state index contributed by atoms with van der Waals surface area (Å²) in [5.74, 6) is 0.875. The van der Waals surface area contributed by atoms with Gasteiger partial charge in [-0.2, -0.15) is 0 Å². The topological polar surface area (TPSA) is 121 Å². The average molecular weight is 492 g/mol. The number of aromatic nitrogens is 1. The number of sulfonamides is 1. The van der Waals surface area contributed by atoms with Crippen molar-refractivity contribution in [2.45, 2.75) is 11.8 Å². The number of carbonyl (C=O) groups excluding carboxylic acids is 1. The first-order valence-electron chi connectivity index (χ1n) is 8.59. The number of methoxy groups -OCH3 is 1. The molecule has 156 valence electrons. The molecule has 1 amide bonds. The van der Waals surface area contributed by atoms with Crippen LogP contribution in [0.4, 0.5) is 5.69 Å². The number of hydrogen-bond acceptors (Lipinski definition) is 6. The number of aryl methyl sites for hydroxylation is 1.